The van der Waals surface area contributed by atoms with E-state index in [4.69, 9.17) is 0 Å². The summed E-state index contributed by atoms with van der Waals surface area (Å²) in [6.45, 7) is 2.45. The molecule has 0 N–H and O–H groups in total. The molecule has 10 aromatic carbocycles. The Labute approximate surface area is 346 Å². The third-order valence-corrected chi connectivity index (χ3v) is 14.1. The van der Waals surface area contributed by atoms with E-state index in [2.05, 4.69) is 216 Å². The molecule has 2 nitrogen and oxygen atoms in total. The van der Waals surface area contributed by atoms with Crippen LogP contribution in [0.5, 0.6) is 0 Å². The minimum absolute atomic E-state index is 0.354. The van der Waals surface area contributed by atoms with Crippen molar-refractivity contribution in [2.45, 2.75) is 12.3 Å². The van der Waals surface area contributed by atoms with E-state index < -0.39 is 0 Å². The molecule has 1 aliphatic heterocycles. The summed E-state index contributed by atoms with van der Waals surface area (Å²) in [5.41, 5.74) is 18.5. The van der Waals surface area contributed by atoms with Crippen LogP contribution in [-0.2, 0) is 5.41 Å². The monoisotopic (exact) mass is 760 g/mol. The molecular weight excluding hydrogens is 725 g/mol. The molecule has 0 saturated heterocycles. The molecule has 0 fully saturated rings. The van der Waals surface area contributed by atoms with E-state index in [1.807, 2.05) is 0 Å². The molecule has 12 aromatic rings. The van der Waals surface area contributed by atoms with Crippen LogP contribution in [0.1, 0.15) is 23.6 Å². The Bertz CT molecular complexity index is 3790. The highest BCUT2D eigenvalue weighted by Crippen LogP contribution is 2.55. The lowest BCUT2D eigenvalue weighted by molar-refractivity contribution is 0.715. The second kappa shape index (κ2) is 11.5. The van der Waals surface area contributed by atoms with Crippen molar-refractivity contribution >= 4 is 65.2 Å². The quantitative estimate of drug-likeness (QED) is 0.155. The summed E-state index contributed by atoms with van der Waals surface area (Å²) >= 11 is 0. The molecule has 2 aliphatic rings. The lowest BCUT2D eigenvalue weighted by Gasteiger charge is -2.29. The van der Waals surface area contributed by atoms with Gasteiger partial charge in [0, 0.05) is 38.3 Å². The van der Waals surface area contributed by atoms with Gasteiger partial charge in [-0.2, -0.15) is 0 Å². The lowest BCUT2D eigenvalue weighted by Crippen LogP contribution is -2.22. The molecule has 14 rings (SSSR count). The van der Waals surface area contributed by atoms with Crippen LogP contribution in [0, 0.1) is 0 Å². The standard InChI is InChI=1S/C58H36N2/c1-58-37-24-28-45-44-18-8-12-22-54(44)60(55(45)32-37)39-26-29-46-49(34-39)57(36-23-27-41(51(58)31-36)40-15-5-9-19-50(40)58)47-30-25-38(33-48(47)56(46)35-13-3-2-4-14-35)59-52-20-10-6-16-42(52)43-17-7-11-21-53(43)59/h2-34H,1H3. The highest BCUT2D eigenvalue weighted by Gasteiger charge is 2.41. The predicted molar refractivity (Wildman–Crippen MR) is 252 cm³/mol. The van der Waals surface area contributed by atoms with Gasteiger partial charge < -0.3 is 9.13 Å². The first-order valence-corrected chi connectivity index (χ1v) is 21.0. The molecule has 1 aliphatic carbocycles. The van der Waals surface area contributed by atoms with Crippen molar-refractivity contribution in [3.8, 4) is 44.8 Å². The van der Waals surface area contributed by atoms with Gasteiger partial charge in [0.1, 0.15) is 0 Å². The summed E-state index contributed by atoms with van der Waals surface area (Å²) in [5, 5.41) is 10.1. The van der Waals surface area contributed by atoms with E-state index in [0.29, 0.717) is 0 Å². The molecule has 2 heteroatoms. The first-order valence-electron chi connectivity index (χ1n) is 21.0. The number of nitrogens with zero attached hydrogens (tertiary/aromatic N) is 2. The zero-order valence-corrected chi connectivity index (χ0v) is 32.9. The van der Waals surface area contributed by atoms with Gasteiger partial charge in [-0.15, -0.1) is 0 Å². The molecule has 0 radical (unpaired) electrons. The largest absolute Gasteiger partial charge is 0.309 e. The number of benzene rings is 10. The average Bonchev–Trinajstić information content (AvgIpc) is 3.91. The van der Waals surface area contributed by atoms with Crippen molar-refractivity contribution in [1.82, 2.24) is 9.13 Å². The van der Waals surface area contributed by atoms with Gasteiger partial charge in [0.25, 0.3) is 0 Å². The third-order valence-electron chi connectivity index (χ3n) is 14.1. The Morgan fingerprint density at radius 2 is 0.817 bits per heavy atom. The zero-order chi connectivity index (χ0) is 39.3. The Morgan fingerprint density at radius 3 is 1.47 bits per heavy atom. The van der Waals surface area contributed by atoms with Crippen molar-refractivity contribution in [2.75, 3.05) is 0 Å². The maximum atomic E-state index is 2.53. The van der Waals surface area contributed by atoms with Crippen LogP contribution in [0.4, 0.5) is 0 Å². The summed E-state index contributed by atoms with van der Waals surface area (Å²) in [4.78, 5) is 0. The van der Waals surface area contributed by atoms with Crippen LogP contribution in [-0.4, -0.2) is 9.13 Å². The Hall–Kier alpha value is -7.68. The smallest absolute Gasteiger partial charge is 0.0544 e. The fourth-order valence-electron chi connectivity index (χ4n) is 11.4. The molecule has 60 heavy (non-hydrogen) atoms. The zero-order valence-electron chi connectivity index (χ0n) is 32.9. The minimum Gasteiger partial charge on any atom is -0.309 e. The molecule has 6 bridgehead atoms. The first-order chi connectivity index (χ1) is 29.6. The number of para-hydroxylation sites is 3. The van der Waals surface area contributed by atoms with Crippen molar-refractivity contribution < 1.29 is 0 Å². The summed E-state index contributed by atoms with van der Waals surface area (Å²) < 4.78 is 4.96. The van der Waals surface area contributed by atoms with Gasteiger partial charge in [-0.25, -0.2) is 0 Å². The van der Waals surface area contributed by atoms with Gasteiger partial charge >= 0.3 is 0 Å². The van der Waals surface area contributed by atoms with Crippen molar-refractivity contribution in [2.24, 2.45) is 0 Å². The van der Waals surface area contributed by atoms with Crippen LogP contribution in [0.2, 0.25) is 0 Å². The van der Waals surface area contributed by atoms with E-state index in [1.165, 1.54) is 121 Å². The molecule has 0 spiro atoms. The average molecular weight is 761 g/mol. The highest BCUT2D eigenvalue weighted by atomic mass is 15.0. The van der Waals surface area contributed by atoms with E-state index >= 15 is 0 Å². The van der Waals surface area contributed by atoms with E-state index in [-0.39, 0.29) is 5.41 Å². The summed E-state index contributed by atoms with van der Waals surface area (Å²) in [7, 11) is 0. The van der Waals surface area contributed by atoms with Crippen molar-refractivity contribution in [3.05, 3.63) is 217 Å². The molecule has 0 amide bonds. The minimum atomic E-state index is -0.354. The molecule has 278 valence electrons. The normalized spacial score (nSPS) is 15.2. The molecule has 1 unspecified atom stereocenters. The van der Waals surface area contributed by atoms with Gasteiger partial charge in [0.15, 0.2) is 0 Å². The second-order valence-electron chi connectivity index (χ2n) is 17.0. The van der Waals surface area contributed by atoms with Gasteiger partial charge in [0.05, 0.1) is 22.1 Å². The Kier molecular flexibility index (Phi) is 6.19. The Morgan fingerprint density at radius 1 is 0.317 bits per heavy atom. The molecule has 3 heterocycles. The van der Waals surface area contributed by atoms with Crippen LogP contribution in [0.3, 0.4) is 0 Å². The number of hydrogen-bond acceptors (Lipinski definition) is 0. The SMILES string of the molecule is CC12c3ccc4c5ccccc5n(c4c3)-c3ccc4c(-c5ccccc5)c5cc(-n6c7ccccc7c7ccccc76)ccc5c(c4c3)-c3ccc(c1c3)-c1ccccc12. The lowest BCUT2D eigenvalue weighted by atomic mass is 9.73. The Balaban J connectivity index is 1.18. The summed E-state index contributed by atoms with van der Waals surface area (Å²) in [5.74, 6) is 0. The number of rotatable bonds is 2. The van der Waals surface area contributed by atoms with E-state index in [9.17, 15) is 0 Å². The molecule has 1 atom stereocenters. The maximum absolute atomic E-state index is 2.53. The number of aromatic nitrogens is 2. The third kappa shape index (κ3) is 4.03. The predicted octanol–water partition coefficient (Wildman–Crippen LogP) is 15.2. The van der Waals surface area contributed by atoms with Gasteiger partial charge in [-0.05, 0) is 133 Å². The van der Waals surface area contributed by atoms with Gasteiger partial charge in [0.2, 0.25) is 0 Å². The van der Waals surface area contributed by atoms with E-state index in [0.717, 1.165) is 5.69 Å². The molecule has 2 aromatic heterocycles. The molecule has 0 saturated carbocycles. The van der Waals surface area contributed by atoms with Gasteiger partial charge in [-0.1, -0.05) is 146 Å². The fraction of sp³-hybridized carbons (Fsp3) is 0.0345. The number of fused-ring (bicyclic) bond motifs is 17. The first kappa shape index (κ1) is 32.3. The number of hydrogen-bond donors (Lipinski definition) is 0. The second-order valence-corrected chi connectivity index (χ2v) is 17.0. The summed E-state index contributed by atoms with van der Waals surface area (Å²) in [6.07, 6.45) is 0. The van der Waals surface area contributed by atoms with Crippen LogP contribution >= 0.6 is 0 Å². The van der Waals surface area contributed by atoms with Crippen LogP contribution in [0.25, 0.3) is 110 Å². The molecular formula is C58H36N2. The van der Waals surface area contributed by atoms with Crippen LogP contribution < -0.4 is 0 Å². The van der Waals surface area contributed by atoms with Gasteiger partial charge in [-0.3, -0.25) is 0 Å². The highest BCUT2D eigenvalue weighted by molar-refractivity contribution is 6.23. The summed E-state index contributed by atoms with van der Waals surface area (Å²) in [6, 6.07) is 75.6. The topological polar surface area (TPSA) is 9.86 Å². The van der Waals surface area contributed by atoms with Crippen molar-refractivity contribution in [3.63, 3.8) is 0 Å². The maximum Gasteiger partial charge on any atom is 0.0544 e. The fourth-order valence-corrected chi connectivity index (χ4v) is 11.4. The van der Waals surface area contributed by atoms with Crippen molar-refractivity contribution in [1.29, 1.82) is 0 Å². The van der Waals surface area contributed by atoms with E-state index in [1.54, 1.807) is 0 Å². The van der Waals surface area contributed by atoms with Crippen LogP contribution in [0.15, 0.2) is 200 Å².